The van der Waals surface area contributed by atoms with E-state index in [1.807, 2.05) is 5.43 Å². The predicted molar refractivity (Wildman–Crippen MR) is 53.6 cm³/mol. The summed E-state index contributed by atoms with van der Waals surface area (Å²) in [6.45, 7) is 3.30. The van der Waals surface area contributed by atoms with Gasteiger partial charge in [-0.15, -0.1) is 0 Å². The summed E-state index contributed by atoms with van der Waals surface area (Å²) >= 11 is 0. The quantitative estimate of drug-likeness (QED) is 0.444. The summed E-state index contributed by atoms with van der Waals surface area (Å²) in [7, 11) is 0. The third kappa shape index (κ3) is 2.92. The lowest BCUT2D eigenvalue weighted by Gasteiger charge is -2.14. The molecule has 1 unspecified atom stereocenters. The first-order valence-corrected chi connectivity index (χ1v) is 4.48. The number of nitrogens with one attached hydrogen (secondary N) is 1. The fourth-order valence-corrected chi connectivity index (χ4v) is 1.06. The van der Waals surface area contributed by atoms with Gasteiger partial charge in [0.05, 0.1) is 0 Å². The molecule has 1 aromatic rings. The van der Waals surface area contributed by atoms with Crippen LogP contribution in [0.4, 0.5) is 4.39 Å². The summed E-state index contributed by atoms with van der Waals surface area (Å²) in [5, 5.41) is 0. The van der Waals surface area contributed by atoms with Gasteiger partial charge in [0.25, 0.3) is 5.91 Å². The molecule has 0 fully saturated rings. The van der Waals surface area contributed by atoms with Gasteiger partial charge >= 0.3 is 0 Å². The molecular weight excluding hydrogens is 199 g/mol. The first kappa shape index (κ1) is 11.5. The van der Waals surface area contributed by atoms with Crippen LogP contribution in [-0.4, -0.2) is 12.0 Å². The van der Waals surface area contributed by atoms with E-state index >= 15 is 0 Å². The van der Waals surface area contributed by atoms with Gasteiger partial charge in [-0.1, -0.05) is 6.07 Å². The molecular formula is C10H13FN2O2. The molecule has 0 aromatic heterocycles. The summed E-state index contributed by atoms with van der Waals surface area (Å²) in [6.07, 6.45) is -0.754. The van der Waals surface area contributed by atoms with Crippen LogP contribution in [0.15, 0.2) is 18.2 Å². The highest BCUT2D eigenvalue weighted by Gasteiger charge is 2.14. The van der Waals surface area contributed by atoms with Gasteiger partial charge in [0.15, 0.2) is 6.10 Å². The lowest BCUT2D eigenvalue weighted by molar-refractivity contribution is -0.127. The highest BCUT2D eigenvalue weighted by Crippen LogP contribution is 2.19. The van der Waals surface area contributed by atoms with Crippen LogP contribution in [0.2, 0.25) is 0 Å². The van der Waals surface area contributed by atoms with Crippen molar-refractivity contribution in [1.82, 2.24) is 5.43 Å². The Hall–Kier alpha value is -1.62. The number of carbonyl (C=O) groups is 1. The van der Waals surface area contributed by atoms with Gasteiger partial charge in [-0.25, -0.2) is 10.2 Å². The van der Waals surface area contributed by atoms with Crippen LogP contribution >= 0.6 is 0 Å². The Morgan fingerprint density at radius 1 is 1.60 bits per heavy atom. The van der Waals surface area contributed by atoms with E-state index in [4.69, 9.17) is 10.6 Å². The first-order valence-electron chi connectivity index (χ1n) is 4.48. The molecule has 0 heterocycles. The molecule has 3 N–H and O–H groups in total. The van der Waals surface area contributed by atoms with Crippen LogP contribution in [-0.2, 0) is 4.79 Å². The Morgan fingerprint density at radius 3 is 2.87 bits per heavy atom. The van der Waals surface area contributed by atoms with Gasteiger partial charge in [-0.3, -0.25) is 10.2 Å². The summed E-state index contributed by atoms with van der Waals surface area (Å²) in [4.78, 5) is 11.1. The van der Waals surface area contributed by atoms with Gasteiger partial charge in [-0.05, 0) is 25.5 Å². The molecule has 0 bridgehead atoms. The molecule has 4 nitrogen and oxygen atoms in total. The smallest absolute Gasteiger partial charge is 0.274 e. The lowest BCUT2D eigenvalue weighted by Crippen LogP contribution is -2.40. The van der Waals surface area contributed by atoms with Gasteiger partial charge in [-0.2, -0.15) is 0 Å². The van der Waals surface area contributed by atoms with E-state index in [0.717, 1.165) is 5.56 Å². The number of aryl methyl sites for hydroxylation is 1. The standard InChI is InChI=1S/C10H13FN2O2/c1-6-3-4-8(11)5-9(6)15-7(2)10(14)13-12/h3-5,7H,12H2,1-2H3,(H,13,14). The summed E-state index contributed by atoms with van der Waals surface area (Å²) in [6, 6.07) is 4.14. The number of hydrazine groups is 1. The minimum Gasteiger partial charge on any atom is -0.480 e. The van der Waals surface area contributed by atoms with Crippen molar-refractivity contribution in [2.75, 3.05) is 0 Å². The van der Waals surface area contributed by atoms with Crippen molar-refractivity contribution in [2.45, 2.75) is 20.0 Å². The van der Waals surface area contributed by atoms with E-state index in [1.165, 1.54) is 19.1 Å². The number of hydrogen-bond donors (Lipinski definition) is 2. The zero-order valence-electron chi connectivity index (χ0n) is 8.58. The minimum absolute atomic E-state index is 0.339. The Balaban J connectivity index is 2.80. The highest BCUT2D eigenvalue weighted by molar-refractivity contribution is 5.80. The summed E-state index contributed by atoms with van der Waals surface area (Å²) < 4.78 is 18.1. The molecule has 1 amide bonds. The molecule has 0 aliphatic carbocycles. The first-order chi connectivity index (χ1) is 7.04. The maximum Gasteiger partial charge on any atom is 0.274 e. The number of amides is 1. The molecule has 0 saturated carbocycles. The van der Waals surface area contributed by atoms with Crippen LogP contribution in [0.5, 0.6) is 5.75 Å². The largest absolute Gasteiger partial charge is 0.480 e. The normalized spacial score (nSPS) is 12.0. The molecule has 1 rings (SSSR count). The van der Waals surface area contributed by atoms with Gasteiger partial charge in [0.2, 0.25) is 0 Å². The number of halogens is 1. The van der Waals surface area contributed by atoms with Crippen molar-refractivity contribution in [3.63, 3.8) is 0 Å². The Morgan fingerprint density at radius 2 is 2.27 bits per heavy atom. The van der Waals surface area contributed by atoms with Gasteiger partial charge in [0.1, 0.15) is 11.6 Å². The van der Waals surface area contributed by atoms with E-state index < -0.39 is 17.8 Å². The highest BCUT2D eigenvalue weighted by atomic mass is 19.1. The average Bonchev–Trinajstić information content (AvgIpc) is 2.22. The minimum atomic E-state index is -0.754. The molecule has 0 spiro atoms. The molecule has 0 saturated heterocycles. The number of rotatable bonds is 3. The number of hydrogen-bond acceptors (Lipinski definition) is 3. The number of nitrogens with two attached hydrogens (primary N) is 1. The Kier molecular flexibility index (Phi) is 3.62. The second kappa shape index (κ2) is 4.75. The van der Waals surface area contributed by atoms with Crippen LogP contribution in [0.25, 0.3) is 0 Å². The number of ether oxygens (including phenoxy) is 1. The molecule has 82 valence electrons. The van der Waals surface area contributed by atoms with Gasteiger partial charge in [0, 0.05) is 6.07 Å². The Bertz CT molecular complexity index is 368. The van der Waals surface area contributed by atoms with E-state index in [-0.39, 0.29) is 0 Å². The molecule has 15 heavy (non-hydrogen) atoms. The third-order valence-corrected chi connectivity index (χ3v) is 1.97. The van der Waals surface area contributed by atoms with Crippen LogP contribution in [0.1, 0.15) is 12.5 Å². The van der Waals surface area contributed by atoms with E-state index in [9.17, 15) is 9.18 Å². The molecule has 5 heteroatoms. The lowest BCUT2D eigenvalue weighted by atomic mass is 10.2. The fraction of sp³-hybridized carbons (Fsp3) is 0.300. The van der Waals surface area contributed by atoms with E-state index in [2.05, 4.69) is 0 Å². The maximum atomic E-state index is 12.9. The molecule has 0 radical (unpaired) electrons. The van der Waals surface area contributed by atoms with Crippen LogP contribution in [0.3, 0.4) is 0 Å². The van der Waals surface area contributed by atoms with Crippen molar-refractivity contribution < 1.29 is 13.9 Å². The van der Waals surface area contributed by atoms with Crippen molar-refractivity contribution in [1.29, 1.82) is 0 Å². The van der Waals surface area contributed by atoms with Crippen LogP contribution < -0.4 is 16.0 Å². The van der Waals surface area contributed by atoms with Crippen molar-refractivity contribution >= 4 is 5.91 Å². The number of carbonyl (C=O) groups excluding carboxylic acids is 1. The molecule has 1 aromatic carbocycles. The summed E-state index contributed by atoms with van der Waals surface area (Å²) in [5.41, 5.74) is 2.72. The van der Waals surface area contributed by atoms with E-state index in [1.54, 1.807) is 13.0 Å². The second-order valence-corrected chi connectivity index (χ2v) is 3.18. The fourth-order valence-electron chi connectivity index (χ4n) is 1.06. The molecule has 1 atom stereocenters. The third-order valence-electron chi connectivity index (χ3n) is 1.97. The summed E-state index contributed by atoms with van der Waals surface area (Å²) in [5.74, 6) is 4.41. The monoisotopic (exact) mass is 212 g/mol. The molecule has 0 aliphatic rings. The second-order valence-electron chi connectivity index (χ2n) is 3.18. The topological polar surface area (TPSA) is 64.3 Å². The van der Waals surface area contributed by atoms with E-state index in [0.29, 0.717) is 5.75 Å². The zero-order chi connectivity index (χ0) is 11.4. The zero-order valence-corrected chi connectivity index (χ0v) is 8.58. The SMILES string of the molecule is Cc1ccc(F)cc1OC(C)C(=O)NN. The van der Waals surface area contributed by atoms with Crippen LogP contribution in [0, 0.1) is 12.7 Å². The maximum absolute atomic E-state index is 12.9. The Labute approximate surface area is 87.2 Å². The predicted octanol–water partition coefficient (Wildman–Crippen LogP) is 0.891. The average molecular weight is 212 g/mol. The van der Waals surface area contributed by atoms with Crippen molar-refractivity contribution in [3.8, 4) is 5.75 Å². The van der Waals surface area contributed by atoms with Crippen molar-refractivity contribution in [3.05, 3.63) is 29.6 Å². The number of benzene rings is 1. The molecule has 0 aliphatic heterocycles. The van der Waals surface area contributed by atoms with Gasteiger partial charge < -0.3 is 4.74 Å². The van der Waals surface area contributed by atoms with Crippen molar-refractivity contribution in [2.24, 2.45) is 5.84 Å².